The normalized spacial score (nSPS) is 16.7. The zero-order valence-corrected chi connectivity index (χ0v) is 15.5. The van der Waals surface area contributed by atoms with Crippen LogP contribution in [0, 0.1) is 0 Å². The van der Waals surface area contributed by atoms with E-state index in [0.29, 0.717) is 21.3 Å². The first-order valence-corrected chi connectivity index (χ1v) is 9.41. The van der Waals surface area contributed by atoms with Crippen molar-refractivity contribution in [1.82, 2.24) is 4.98 Å². The maximum atomic E-state index is 13.1. The number of hydrogen-bond acceptors (Lipinski definition) is 4. The molecule has 2 amide bonds. The number of amides is 2. The molecule has 0 saturated carbocycles. The second-order valence-corrected chi connectivity index (χ2v) is 6.95. The second kappa shape index (κ2) is 8.02. The van der Waals surface area contributed by atoms with Gasteiger partial charge in [-0.05, 0) is 53.7 Å². The van der Waals surface area contributed by atoms with E-state index in [-0.39, 0.29) is 11.8 Å². The maximum absolute atomic E-state index is 13.1. The number of aliphatic imine (C=N–C) groups is 1. The molecule has 1 saturated heterocycles. The Morgan fingerprint density at radius 3 is 2.36 bits per heavy atom. The third kappa shape index (κ3) is 3.77. The van der Waals surface area contributed by atoms with Gasteiger partial charge in [-0.2, -0.15) is 4.99 Å². The van der Waals surface area contributed by atoms with Crippen LogP contribution in [0.5, 0.6) is 0 Å². The molecule has 1 aliphatic heterocycles. The highest BCUT2D eigenvalue weighted by Gasteiger charge is 2.35. The molecule has 2 heterocycles. The van der Waals surface area contributed by atoms with Crippen molar-refractivity contribution in [3.63, 3.8) is 0 Å². The Hall–Kier alpha value is -3.51. The molecule has 0 atom stereocenters. The predicted molar refractivity (Wildman–Crippen MR) is 112 cm³/mol. The minimum absolute atomic E-state index is 0.223. The van der Waals surface area contributed by atoms with Gasteiger partial charge in [0.1, 0.15) is 0 Å². The molecule has 136 valence electrons. The number of anilines is 1. The zero-order chi connectivity index (χ0) is 19.3. The molecule has 1 fully saturated rings. The highest BCUT2D eigenvalue weighted by Crippen LogP contribution is 2.36. The van der Waals surface area contributed by atoms with Crippen LogP contribution >= 0.6 is 11.8 Å². The Labute approximate surface area is 166 Å². The van der Waals surface area contributed by atoms with E-state index in [1.165, 1.54) is 16.7 Å². The van der Waals surface area contributed by atoms with E-state index < -0.39 is 0 Å². The maximum Gasteiger partial charge on any atom is 0.279 e. The minimum Gasteiger partial charge on any atom is -0.268 e. The van der Waals surface area contributed by atoms with Crippen LogP contribution in [0.1, 0.15) is 15.9 Å². The largest absolute Gasteiger partial charge is 0.279 e. The predicted octanol–water partition coefficient (Wildman–Crippen LogP) is 4.40. The van der Waals surface area contributed by atoms with Gasteiger partial charge in [0.25, 0.3) is 11.8 Å². The fourth-order valence-corrected chi connectivity index (χ4v) is 3.68. The van der Waals surface area contributed by atoms with Crippen LogP contribution in [0.25, 0.3) is 6.08 Å². The van der Waals surface area contributed by atoms with E-state index in [4.69, 9.17) is 0 Å². The highest BCUT2D eigenvalue weighted by atomic mass is 32.2. The van der Waals surface area contributed by atoms with Crippen LogP contribution in [0.4, 0.5) is 5.69 Å². The number of hydrogen-bond donors (Lipinski definition) is 0. The van der Waals surface area contributed by atoms with Crippen LogP contribution in [0.2, 0.25) is 0 Å². The Kier molecular flexibility index (Phi) is 5.12. The molecule has 6 heteroatoms. The lowest BCUT2D eigenvalue weighted by Gasteiger charge is -2.15. The number of para-hydroxylation sites is 1. The zero-order valence-electron chi connectivity index (χ0n) is 14.7. The molecule has 1 aromatic heterocycles. The summed E-state index contributed by atoms with van der Waals surface area (Å²) >= 11 is 1.18. The number of thioether (sulfide) groups is 1. The smallest absolute Gasteiger partial charge is 0.268 e. The molecule has 0 bridgehead atoms. The van der Waals surface area contributed by atoms with Gasteiger partial charge in [0.2, 0.25) is 0 Å². The number of carbonyl (C=O) groups excluding carboxylic acids is 2. The lowest BCUT2D eigenvalue weighted by molar-refractivity contribution is -0.113. The van der Waals surface area contributed by atoms with E-state index in [2.05, 4.69) is 9.98 Å². The summed E-state index contributed by atoms with van der Waals surface area (Å²) in [6.45, 7) is 0. The average molecular weight is 385 g/mol. The molecular formula is C22H15N3O2S. The van der Waals surface area contributed by atoms with Crippen molar-refractivity contribution < 1.29 is 9.59 Å². The third-order valence-electron chi connectivity index (χ3n) is 4.02. The van der Waals surface area contributed by atoms with Crippen molar-refractivity contribution in [3.8, 4) is 0 Å². The highest BCUT2D eigenvalue weighted by molar-refractivity contribution is 8.19. The van der Waals surface area contributed by atoms with E-state index in [9.17, 15) is 9.59 Å². The van der Waals surface area contributed by atoms with Gasteiger partial charge in [0, 0.05) is 18.0 Å². The third-order valence-corrected chi connectivity index (χ3v) is 4.99. The van der Waals surface area contributed by atoms with Crippen LogP contribution < -0.4 is 4.90 Å². The van der Waals surface area contributed by atoms with Crippen LogP contribution in [-0.4, -0.2) is 22.0 Å². The summed E-state index contributed by atoms with van der Waals surface area (Å²) in [5, 5.41) is 0.334. The van der Waals surface area contributed by atoms with Gasteiger partial charge in [0.15, 0.2) is 5.17 Å². The monoisotopic (exact) mass is 385 g/mol. The number of amidine groups is 1. The quantitative estimate of drug-likeness (QED) is 0.627. The number of pyridine rings is 1. The summed E-state index contributed by atoms with van der Waals surface area (Å²) in [7, 11) is 0. The molecule has 1 aliphatic rings. The minimum atomic E-state index is -0.389. The number of nitrogens with zero attached hydrogens (tertiary/aromatic N) is 3. The standard InChI is InChI=1S/C22H15N3O2S/c26-20(17-9-3-1-4-10-17)24-22-25(18-11-5-2-6-12-18)21(27)19(28-22)14-16-8-7-13-23-15-16/h1-15H/b19-14+,24-22?. The SMILES string of the molecule is O=C(N=C1S/C(=C/c2cccnc2)C(=O)N1c1ccccc1)c1ccccc1. The van der Waals surface area contributed by atoms with Crippen LogP contribution in [0.3, 0.4) is 0 Å². The molecule has 0 unspecified atom stereocenters. The van der Waals surface area contributed by atoms with Gasteiger partial charge in [-0.25, -0.2) is 0 Å². The molecule has 0 radical (unpaired) electrons. The Balaban J connectivity index is 1.74. The van der Waals surface area contributed by atoms with Gasteiger partial charge >= 0.3 is 0 Å². The summed E-state index contributed by atoms with van der Waals surface area (Å²) < 4.78 is 0. The van der Waals surface area contributed by atoms with Crippen molar-refractivity contribution in [1.29, 1.82) is 0 Å². The molecule has 3 aromatic rings. The van der Waals surface area contributed by atoms with E-state index in [1.807, 2.05) is 42.5 Å². The number of rotatable bonds is 3. The van der Waals surface area contributed by atoms with Crippen LogP contribution in [-0.2, 0) is 4.79 Å². The van der Waals surface area contributed by atoms with Gasteiger partial charge in [-0.3, -0.25) is 19.5 Å². The van der Waals surface area contributed by atoms with E-state index >= 15 is 0 Å². The molecule has 0 aliphatic carbocycles. The lowest BCUT2D eigenvalue weighted by Crippen LogP contribution is -2.29. The Morgan fingerprint density at radius 1 is 0.964 bits per heavy atom. The summed E-state index contributed by atoms with van der Waals surface area (Å²) in [4.78, 5) is 35.9. The van der Waals surface area contributed by atoms with Crippen LogP contribution in [0.15, 0.2) is 95.1 Å². The van der Waals surface area contributed by atoms with Gasteiger partial charge in [-0.1, -0.05) is 42.5 Å². The molecule has 0 spiro atoms. The topological polar surface area (TPSA) is 62.6 Å². The van der Waals surface area contributed by atoms with Crippen molar-refractivity contribution in [2.45, 2.75) is 0 Å². The lowest BCUT2D eigenvalue weighted by atomic mass is 10.2. The molecule has 4 rings (SSSR count). The van der Waals surface area contributed by atoms with Gasteiger partial charge in [-0.15, -0.1) is 0 Å². The summed E-state index contributed by atoms with van der Waals surface area (Å²) in [6.07, 6.45) is 5.11. The van der Waals surface area contributed by atoms with Gasteiger partial charge in [0.05, 0.1) is 10.6 Å². The van der Waals surface area contributed by atoms with Crippen molar-refractivity contribution in [2.75, 3.05) is 4.90 Å². The second-order valence-electron chi connectivity index (χ2n) is 5.94. The average Bonchev–Trinajstić information content (AvgIpc) is 3.04. The molecule has 28 heavy (non-hydrogen) atoms. The van der Waals surface area contributed by atoms with Gasteiger partial charge < -0.3 is 0 Å². The summed E-state index contributed by atoms with van der Waals surface area (Å²) in [5.41, 5.74) is 1.94. The summed E-state index contributed by atoms with van der Waals surface area (Å²) in [5.74, 6) is -0.612. The summed E-state index contributed by atoms with van der Waals surface area (Å²) in [6, 6.07) is 21.6. The number of aromatic nitrogens is 1. The van der Waals surface area contributed by atoms with Crippen molar-refractivity contribution >= 4 is 40.5 Å². The first kappa shape index (κ1) is 17.9. The Morgan fingerprint density at radius 2 is 1.68 bits per heavy atom. The van der Waals surface area contributed by atoms with E-state index in [1.54, 1.807) is 48.8 Å². The molecule has 2 aromatic carbocycles. The first-order valence-electron chi connectivity index (χ1n) is 8.59. The Bertz CT molecular complexity index is 1060. The first-order chi connectivity index (χ1) is 13.7. The van der Waals surface area contributed by atoms with Crippen molar-refractivity contribution in [3.05, 3.63) is 101 Å². The fourth-order valence-electron chi connectivity index (χ4n) is 2.70. The molecule has 5 nitrogen and oxygen atoms in total. The van der Waals surface area contributed by atoms with E-state index in [0.717, 1.165) is 5.56 Å². The molecular weight excluding hydrogens is 370 g/mol. The number of benzene rings is 2. The number of carbonyl (C=O) groups is 2. The van der Waals surface area contributed by atoms with Crippen molar-refractivity contribution in [2.24, 2.45) is 4.99 Å². The fraction of sp³-hybridized carbons (Fsp3) is 0. The molecule has 0 N–H and O–H groups in total.